The number of aromatic carboxylic acids is 1. The Kier molecular flexibility index (Phi) is 5.41. The second-order valence-corrected chi connectivity index (χ2v) is 9.23. The number of hydrogen-bond donors (Lipinski definition) is 2. The standard InChI is InChI=1S/C27H24FN5O4/c1-29-21-9-15(28)8-17-16(21)10-22-23(17)24(33-3-5-37-6-4-33)19(12-30-22)14-7-18-25(34)20(27(35)36)13-32(2)26(18)31-11-14/h7-9,11-13,29H,3-6,10H2,1-2H3,(H,35,36). The van der Waals surface area contributed by atoms with E-state index < -0.39 is 11.4 Å². The zero-order valence-electron chi connectivity index (χ0n) is 20.3. The largest absolute Gasteiger partial charge is 0.477 e. The predicted octanol–water partition coefficient (Wildman–Crippen LogP) is 3.28. The summed E-state index contributed by atoms with van der Waals surface area (Å²) >= 11 is 0. The molecule has 1 fully saturated rings. The molecular formula is C27H24FN5O4. The average molecular weight is 502 g/mol. The first-order valence-electron chi connectivity index (χ1n) is 12.0. The van der Waals surface area contributed by atoms with Crippen molar-refractivity contribution in [2.75, 3.05) is 43.6 Å². The fourth-order valence-electron chi connectivity index (χ4n) is 5.39. The molecule has 9 nitrogen and oxygen atoms in total. The van der Waals surface area contributed by atoms with Crippen LogP contribution in [-0.2, 0) is 18.2 Å². The van der Waals surface area contributed by atoms with Crippen LogP contribution in [0.15, 0.2) is 41.6 Å². The monoisotopic (exact) mass is 501 g/mol. The smallest absolute Gasteiger partial charge is 0.341 e. The Morgan fingerprint density at radius 2 is 1.92 bits per heavy atom. The SMILES string of the molecule is CNc1cc(F)cc2c1Cc1ncc(-c3cnc4c(c3)c(=O)c(C(=O)O)cn4C)c(N3CCOCC3)c1-2. The van der Waals surface area contributed by atoms with Gasteiger partial charge in [-0.2, -0.15) is 0 Å². The lowest BCUT2D eigenvalue weighted by Gasteiger charge is -2.32. The van der Waals surface area contributed by atoms with Gasteiger partial charge in [0.05, 0.1) is 30.0 Å². The minimum atomic E-state index is -1.29. The fraction of sp³-hybridized carbons (Fsp3) is 0.259. The molecule has 37 heavy (non-hydrogen) atoms. The number of aromatic nitrogens is 3. The highest BCUT2D eigenvalue weighted by Gasteiger charge is 2.31. The van der Waals surface area contributed by atoms with Crippen molar-refractivity contribution < 1.29 is 19.0 Å². The van der Waals surface area contributed by atoms with Crippen molar-refractivity contribution in [1.82, 2.24) is 14.5 Å². The van der Waals surface area contributed by atoms with Crippen LogP contribution in [0.1, 0.15) is 21.6 Å². The Hall–Kier alpha value is -4.31. The second kappa shape index (κ2) is 8.67. The van der Waals surface area contributed by atoms with Crippen LogP contribution < -0.4 is 15.6 Å². The van der Waals surface area contributed by atoms with Gasteiger partial charge >= 0.3 is 5.97 Å². The van der Waals surface area contributed by atoms with Gasteiger partial charge in [-0.25, -0.2) is 14.2 Å². The molecule has 0 atom stereocenters. The highest BCUT2D eigenvalue weighted by Crippen LogP contribution is 2.48. The number of aryl methyl sites for hydroxylation is 1. The van der Waals surface area contributed by atoms with E-state index in [-0.39, 0.29) is 16.8 Å². The van der Waals surface area contributed by atoms with Gasteiger partial charge in [0.1, 0.15) is 17.0 Å². The molecule has 0 unspecified atom stereocenters. The molecule has 0 radical (unpaired) electrons. The lowest BCUT2D eigenvalue weighted by molar-refractivity contribution is 0.0695. The van der Waals surface area contributed by atoms with Crippen molar-refractivity contribution in [3.8, 4) is 22.3 Å². The van der Waals surface area contributed by atoms with Crippen LogP contribution in [0.4, 0.5) is 15.8 Å². The van der Waals surface area contributed by atoms with Crippen molar-refractivity contribution in [3.63, 3.8) is 0 Å². The van der Waals surface area contributed by atoms with Gasteiger partial charge in [-0.3, -0.25) is 9.78 Å². The van der Waals surface area contributed by atoms with E-state index in [0.717, 1.165) is 39.3 Å². The number of carbonyl (C=O) groups is 1. The Morgan fingerprint density at radius 1 is 1.14 bits per heavy atom. The number of benzene rings is 1. The highest BCUT2D eigenvalue weighted by molar-refractivity contribution is 5.98. The van der Waals surface area contributed by atoms with Crippen molar-refractivity contribution >= 4 is 28.4 Å². The predicted molar refractivity (Wildman–Crippen MR) is 138 cm³/mol. The number of nitrogens with zero attached hydrogens (tertiary/aromatic N) is 4. The molecule has 1 aliphatic heterocycles. The Labute approximate surface area is 211 Å². The number of ether oxygens (including phenoxy) is 1. The molecular weight excluding hydrogens is 477 g/mol. The number of nitrogens with one attached hydrogen (secondary N) is 1. The minimum absolute atomic E-state index is 0.206. The maximum Gasteiger partial charge on any atom is 0.341 e. The van der Waals surface area contributed by atoms with E-state index in [2.05, 4.69) is 15.2 Å². The van der Waals surface area contributed by atoms with Crippen LogP contribution in [0.25, 0.3) is 33.3 Å². The molecule has 1 aromatic carbocycles. The first kappa shape index (κ1) is 23.1. The van der Waals surface area contributed by atoms with E-state index in [9.17, 15) is 19.1 Å². The maximum atomic E-state index is 14.7. The Morgan fingerprint density at radius 3 is 2.65 bits per heavy atom. The molecule has 0 amide bonds. The van der Waals surface area contributed by atoms with Gasteiger partial charge in [0.25, 0.3) is 0 Å². The van der Waals surface area contributed by atoms with Gasteiger partial charge in [-0.1, -0.05) is 0 Å². The number of rotatable bonds is 4. The number of fused-ring (bicyclic) bond motifs is 4. The third-order valence-corrected chi connectivity index (χ3v) is 7.11. The Bertz CT molecular complexity index is 1660. The summed E-state index contributed by atoms with van der Waals surface area (Å²) in [4.78, 5) is 36.2. The zero-order chi connectivity index (χ0) is 25.8. The average Bonchev–Trinajstić information content (AvgIpc) is 3.28. The van der Waals surface area contributed by atoms with E-state index >= 15 is 0 Å². The lowest BCUT2D eigenvalue weighted by Crippen LogP contribution is -2.37. The topological polar surface area (TPSA) is 110 Å². The zero-order valence-corrected chi connectivity index (χ0v) is 20.3. The highest BCUT2D eigenvalue weighted by atomic mass is 19.1. The molecule has 1 aliphatic carbocycles. The summed E-state index contributed by atoms with van der Waals surface area (Å²) in [5.41, 5.74) is 5.91. The van der Waals surface area contributed by atoms with E-state index in [1.807, 2.05) is 0 Å². The van der Waals surface area contributed by atoms with E-state index in [1.54, 1.807) is 38.6 Å². The quantitative estimate of drug-likeness (QED) is 0.386. The molecule has 188 valence electrons. The number of morpholine rings is 1. The molecule has 0 spiro atoms. The van der Waals surface area contributed by atoms with Crippen LogP contribution in [0.3, 0.4) is 0 Å². The van der Waals surface area contributed by atoms with Crippen LogP contribution >= 0.6 is 0 Å². The summed E-state index contributed by atoms with van der Waals surface area (Å²) in [5.74, 6) is -1.63. The van der Waals surface area contributed by atoms with Crippen molar-refractivity contribution in [3.05, 3.63) is 69.7 Å². The number of anilines is 2. The normalized spacial score (nSPS) is 14.5. The number of carboxylic acids is 1. The van der Waals surface area contributed by atoms with E-state index in [4.69, 9.17) is 9.72 Å². The van der Waals surface area contributed by atoms with Crippen LogP contribution in [0.2, 0.25) is 0 Å². The van der Waals surface area contributed by atoms with Crippen molar-refractivity contribution in [2.45, 2.75) is 6.42 Å². The van der Waals surface area contributed by atoms with Crippen LogP contribution in [0.5, 0.6) is 0 Å². The number of pyridine rings is 3. The number of halogens is 1. The molecule has 3 aromatic heterocycles. The molecule has 0 bridgehead atoms. The number of hydrogen-bond acceptors (Lipinski definition) is 7. The first-order chi connectivity index (χ1) is 17.9. The van der Waals surface area contributed by atoms with Gasteiger partial charge < -0.3 is 24.6 Å². The molecule has 4 heterocycles. The maximum absolute atomic E-state index is 14.7. The van der Waals surface area contributed by atoms with Gasteiger partial charge in [0.15, 0.2) is 0 Å². The van der Waals surface area contributed by atoms with E-state index in [0.29, 0.717) is 43.9 Å². The first-order valence-corrected chi connectivity index (χ1v) is 12.0. The van der Waals surface area contributed by atoms with Crippen molar-refractivity contribution in [1.29, 1.82) is 0 Å². The summed E-state index contributed by atoms with van der Waals surface area (Å²) in [7, 11) is 3.42. The van der Waals surface area contributed by atoms with Gasteiger partial charge in [-0.15, -0.1) is 0 Å². The minimum Gasteiger partial charge on any atom is -0.477 e. The molecule has 10 heteroatoms. The lowest BCUT2D eigenvalue weighted by atomic mass is 9.97. The Balaban J connectivity index is 1.63. The number of carboxylic acid groups (broad SMARTS) is 1. The van der Waals surface area contributed by atoms with Gasteiger partial charge in [-0.05, 0) is 29.3 Å². The summed E-state index contributed by atoms with van der Waals surface area (Å²) in [5, 5.41) is 12.8. The molecule has 4 aromatic rings. The van der Waals surface area contributed by atoms with Crippen LogP contribution in [-0.4, -0.2) is 59.0 Å². The second-order valence-electron chi connectivity index (χ2n) is 9.23. The fourth-order valence-corrected chi connectivity index (χ4v) is 5.39. The van der Waals surface area contributed by atoms with E-state index in [1.165, 1.54) is 16.8 Å². The molecule has 2 N–H and O–H groups in total. The third-order valence-electron chi connectivity index (χ3n) is 7.11. The molecule has 2 aliphatic rings. The summed E-state index contributed by atoms with van der Waals surface area (Å²) in [6.07, 6.45) is 5.27. The van der Waals surface area contributed by atoms with Crippen molar-refractivity contribution in [2.24, 2.45) is 7.05 Å². The molecule has 0 saturated carbocycles. The summed E-state index contributed by atoms with van der Waals surface area (Å²) in [6, 6.07) is 4.71. The molecule has 6 rings (SSSR count). The third kappa shape index (κ3) is 3.63. The molecule has 1 saturated heterocycles. The van der Waals surface area contributed by atoms with Gasteiger partial charge in [0.2, 0.25) is 5.43 Å². The summed E-state index contributed by atoms with van der Waals surface area (Å²) in [6.45, 7) is 2.37. The van der Waals surface area contributed by atoms with Gasteiger partial charge in [0, 0.05) is 74.6 Å². The van der Waals surface area contributed by atoms with Crippen LogP contribution in [0, 0.1) is 5.82 Å². The summed E-state index contributed by atoms with van der Waals surface area (Å²) < 4.78 is 21.8.